The van der Waals surface area contributed by atoms with Gasteiger partial charge in [0.2, 0.25) is 0 Å². The van der Waals surface area contributed by atoms with Crippen molar-refractivity contribution < 1.29 is 19.2 Å². The Bertz CT molecular complexity index is 908. The largest absolute Gasteiger partial charge is 0.507 e. The highest BCUT2D eigenvalue weighted by Crippen LogP contribution is 2.19. The Morgan fingerprint density at radius 2 is 1.77 bits per heavy atom. The topological polar surface area (TPSA) is 117 Å². The summed E-state index contributed by atoms with van der Waals surface area (Å²) in [6, 6.07) is 12.2. The maximum absolute atomic E-state index is 12.1. The number of hydrogen-bond donors (Lipinski definition) is 3. The Morgan fingerprint density at radius 3 is 2.50 bits per heavy atom. The Kier molecular flexibility index (Phi) is 5.23. The molecule has 3 rings (SSSR count). The average molecular weight is 352 g/mol. The normalized spacial score (nSPS) is 10.3. The van der Waals surface area contributed by atoms with E-state index in [4.69, 9.17) is 4.52 Å². The third kappa shape index (κ3) is 4.04. The number of carbonyl (C=O) groups excluding carboxylic acids is 2. The lowest BCUT2D eigenvalue weighted by Gasteiger charge is -2.06. The molecule has 0 unspecified atom stereocenters. The number of nitrogens with zero attached hydrogens (tertiary/aromatic N) is 2. The second-order valence-electron chi connectivity index (χ2n) is 5.35. The summed E-state index contributed by atoms with van der Waals surface area (Å²) in [6.07, 6.45) is 2.65. The lowest BCUT2D eigenvalue weighted by molar-refractivity contribution is 0.0921. The minimum atomic E-state index is -0.474. The Hall–Kier alpha value is -3.68. The lowest BCUT2D eigenvalue weighted by atomic mass is 10.1. The van der Waals surface area contributed by atoms with Gasteiger partial charge in [-0.2, -0.15) is 0 Å². The smallest absolute Gasteiger partial charge is 0.273 e. The lowest BCUT2D eigenvalue weighted by Crippen LogP contribution is -2.34. The highest BCUT2D eigenvalue weighted by Gasteiger charge is 2.14. The predicted octanol–water partition coefficient (Wildman–Crippen LogP) is 1.60. The van der Waals surface area contributed by atoms with Crippen LogP contribution in [-0.4, -0.2) is 40.2 Å². The van der Waals surface area contributed by atoms with Crippen LogP contribution in [0.1, 0.15) is 20.8 Å². The fourth-order valence-corrected chi connectivity index (χ4v) is 2.22. The van der Waals surface area contributed by atoms with Gasteiger partial charge in [-0.1, -0.05) is 35.5 Å². The van der Waals surface area contributed by atoms with Crippen molar-refractivity contribution in [2.45, 2.75) is 0 Å². The van der Waals surface area contributed by atoms with Crippen molar-refractivity contribution in [3.8, 4) is 17.1 Å². The van der Waals surface area contributed by atoms with E-state index >= 15 is 0 Å². The van der Waals surface area contributed by atoms with Gasteiger partial charge in [0.15, 0.2) is 11.5 Å². The van der Waals surface area contributed by atoms with Gasteiger partial charge in [0, 0.05) is 37.1 Å². The molecule has 0 radical (unpaired) electrons. The number of benzene rings is 1. The first kappa shape index (κ1) is 17.2. The van der Waals surface area contributed by atoms with E-state index in [0.717, 1.165) is 5.56 Å². The molecule has 8 heteroatoms. The standard InChI is InChI=1S/C18H16N4O4/c23-15-6-7-19-11-13(15)17(24)20-8-9-21-18(25)14-10-16(26-22-14)12-4-2-1-3-5-12/h1-7,10-11H,8-9H2,(H,19,23)(H,20,24)(H,21,25). The van der Waals surface area contributed by atoms with Gasteiger partial charge in [-0.05, 0) is 6.07 Å². The molecular formula is C18H16N4O4. The number of carbonyl (C=O) groups is 2. The summed E-state index contributed by atoms with van der Waals surface area (Å²) in [7, 11) is 0. The Labute approximate surface area is 148 Å². The van der Waals surface area contributed by atoms with Crippen LogP contribution in [0.4, 0.5) is 0 Å². The second-order valence-corrected chi connectivity index (χ2v) is 5.35. The van der Waals surface area contributed by atoms with E-state index in [-0.39, 0.29) is 30.1 Å². The van der Waals surface area contributed by atoms with E-state index in [1.54, 1.807) is 6.07 Å². The van der Waals surface area contributed by atoms with Crippen molar-refractivity contribution in [1.82, 2.24) is 20.8 Å². The van der Waals surface area contributed by atoms with Crippen LogP contribution in [0.5, 0.6) is 5.75 Å². The van der Waals surface area contributed by atoms with Gasteiger partial charge in [-0.25, -0.2) is 0 Å². The maximum Gasteiger partial charge on any atom is 0.273 e. The van der Waals surface area contributed by atoms with Crippen molar-refractivity contribution in [3.63, 3.8) is 0 Å². The molecule has 0 saturated carbocycles. The number of nitrogens with one attached hydrogen (secondary N) is 2. The Balaban J connectivity index is 1.48. The van der Waals surface area contributed by atoms with E-state index in [1.807, 2.05) is 30.3 Å². The van der Waals surface area contributed by atoms with Crippen LogP contribution in [0.15, 0.2) is 59.4 Å². The van der Waals surface area contributed by atoms with E-state index in [1.165, 1.54) is 18.5 Å². The summed E-state index contributed by atoms with van der Waals surface area (Å²) >= 11 is 0. The van der Waals surface area contributed by atoms with Crippen LogP contribution in [0.25, 0.3) is 11.3 Å². The minimum Gasteiger partial charge on any atom is -0.507 e. The van der Waals surface area contributed by atoms with E-state index < -0.39 is 11.8 Å². The summed E-state index contributed by atoms with van der Waals surface area (Å²) < 4.78 is 5.17. The fraction of sp³-hybridized carbons (Fsp3) is 0.111. The molecule has 2 aromatic heterocycles. The predicted molar refractivity (Wildman–Crippen MR) is 92.5 cm³/mol. The molecule has 0 saturated heterocycles. The molecule has 0 aliphatic rings. The number of rotatable bonds is 6. The molecule has 3 aromatic rings. The van der Waals surface area contributed by atoms with Gasteiger partial charge < -0.3 is 20.3 Å². The van der Waals surface area contributed by atoms with Crippen LogP contribution < -0.4 is 10.6 Å². The highest BCUT2D eigenvalue weighted by molar-refractivity contribution is 5.96. The third-order valence-electron chi connectivity index (χ3n) is 3.54. The first-order chi connectivity index (χ1) is 12.6. The molecule has 0 aliphatic heterocycles. The van der Waals surface area contributed by atoms with Crippen molar-refractivity contribution in [3.05, 3.63) is 66.1 Å². The van der Waals surface area contributed by atoms with Crippen LogP contribution >= 0.6 is 0 Å². The number of aromatic nitrogens is 2. The van der Waals surface area contributed by atoms with Crippen molar-refractivity contribution in [2.75, 3.05) is 13.1 Å². The number of pyridine rings is 1. The SMILES string of the molecule is O=C(NCCNC(=O)c1cnccc1O)c1cc(-c2ccccc2)on1. The molecule has 2 amide bonds. The number of aromatic hydroxyl groups is 1. The Morgan fingerprint density at radius 1 is 1.04 bits per heavy atom. The fourth-order valence-electron chi connectivity index (χ4n) is 2.22. The summed E-state index contributed by atoms with van der Waals surface area (Å²) in [5.41, 5.74) is 1.05. The van der Waals surface area contributed by atoms with Gasteiger partial charge in [-0.15, -0.1) is 0 Å². The zero-order valence-corrected chi connectivity index (χ0v) is 13.7. The third-order valence-corrected chi connectivity index (χ3v) is 3.54. The molecule has 26 heavy (non-hydrogen) atoms. The minimum absolute atomic E-state index is 0.0721. The highest BCUT2D eigenvalue weighted by atomic mass is 16.5. The van der Waals surface area contributed by atoms with Crippen molar-refractivity contribution in [2.24, 2.45) is 0 Å². The quantitative estimate of drug-likeness (QED) is 0.580. The molecule has 0 atom stereocenters. The first-order valence-electron chi connectivity index (χ1n) is 7.86. The van der Waals surface area contributed by atoms with Gasteiger partial charge in [-0.3, -0.25) is 14.6 Å². The number of amides is 2. The summed E-state index contributed by atoms with van der Waals surface area (Å²) in [5.74, 6) is -0.541. The molecule has 3 N–H and O–H groups in total. The summed E-state index contributed by atoms with van der Waals surface area (Å²) in [4.78, 5) is 27.7. The molecule has 1 aromatic carbocycles. The van der Waals surface area contributed by atoms with Crippen LogP contribution in [0.3, 0.4) is 0 Å². The van der Waals surface area contributed by atoms with Gasteiger partial charge >= 0.3 is 0 Å². The maximum atomic E-state index is 12.1. The summed E-state index contributed by atoms with van der Waals surface area (Å²) in [5, 5.41) is 18.5. The van der Waals surface area contributed by atoms with Crippen molar-refractivity contribution in [1.29, 1.82) is 0 Å². The van der Waals surface area contributed by atoms with Gasteiger partial charge in [0.25, 0.3) is 11.8 Å². The zero-order chi connectivity index (χ0) is 18.4. The van der Waals surface area contributed by atoms with E-state index in [9.17, 15) is 14.7 Å². The monoisotopic (exact) mass is 352 g/mol. The summed E-state index contributed by atoms with van der Waals surface area (Å²) in [6.45, 7) is 0.376. The molecule has 2 heterocycles. The van der Waals surface area contributed by atoms with Crippen LogP contribution in [0, 0.1) is 0 Å². The van der Waals surface area contributed by atoms with Gasteiger partial charge in [0.05, 0.1) is 5.56 Å². The number of hydrogen-bond acceptors (Lipinski definition) is 6. The second kappa shape index (κ2) is 7.93. The molecular weight excluding hydrogens is 336 g/mol. The molecule has 132 valence electrons. The van der Waals surface area contributed by atoms with Crippen LogP contribution in [0.2, 0.25) is 0 Å². The molecule has 0 aliphatic carbocycles. The molecule has 8 nitrogen and oxygen atoms in total. The average Bonchev–Trinajstić information content (AvgIpc) is 3.16. The molecule has 0 bridgehead atoms. The van der Waals surface area contributed by atoms with Gasteiger partial charge in [0.1, 0.15) is 5.75 Å². The molecule has 0 spiro atoms. The van der Waals surface area contributed by atoms with Crippen molar-refractivity contribution >= 4 is 11.8 Å². The van der Waals surface area contributed by atoms with Crippen LogP contribution in [-0.2, 0) is 0 Å². The first-order valence-corrected chi connectivity index (χ1v) is 7.86. The molecule has 0 fully saturated rings. The zero-order valence-electron chi connectivity index (χ0n) is 13.7. The van der Waals surface area contributed by atoms with E-state index in [0.29, 0.717) is 5.76 Å². The van der Waals surface area contributed by atoms with E-state index in [2.05, 4.69) is 20.8 Å².